The van der Waals surface area contributed by atoms with Crippen LogP contribution in [0.5, 0.6) is 0 Å². The van der Waals surface area contributed by atoms with E-state index in [0.29, 0.717) is 0 Å². The Balaban J connectivity index is 2.00. The van der Waals surface area contributed by atoms with Gasteiger partial charge in [0.15, 0.2) is 0 Å². The predicted octanol–water partition coefficient (Wildman–Crippen LogP) is 0.852. The van der Waals surface area contributed by atoms with Crippen LogP contribution in [0.4, 0.5) is 0 Å². The number of carbonyl (C=O) groups is 1. The molecule has 0 aromatic carbocycles. The lowest BCUT2D eigenvalue weighted by molar-refractivity contribution is -0.135. The van der Waals surface area contributed by atoms with Crippen molar-refractivity contribution in [2.24, 2.45) is 0 Å². The Morgan fingerprint density at radius 2 is 2.07 bits per heavy atom. The third kappa shape index (κ3) is 2.16. The molecule has 0 radical (unpaired) electrons. The monoisotopic (exact) mass is 208 g/mol. The van der Waals surface area contributed by atoms with Crippen molar-refractivity contribution in [3.8, 4) is 0 Å². The topological polar surface area (TPSA) is 51.0 Å². The highest BCUT2D eigenvalue weighted by Crippen LogP contribution is 2.14. The molecule has 5 heteroatoms. The summed E-state index contributed by atoms with van der Waals surface area (Å²) in [7, 11) is 0. The highest BCUT2D eigenvalue weighted by molar-refractivity contribution is 5.80. The van der Waals surface area contributed by atoms with Gasteiger partial charge < -0.3 is 4.90 Å². The van der Waals surface area contributed by atoms with Gasteiger partial charge in [0.1, 0.15) is 18.7 Å². The molecule has 0 aliphatic carbocycles. The lowest BCUT2D eigenvalue weighted by Crippen LogP contribution is -2.39. The van der Waals surface area contributed by atoms with Crippen molar-refractivity contribution >= 4 is 5.91 Å². The van der Waals surface area contributed by atoms with Gasteiger partial charge in [-0.25, -0.2) is 9.67 Å². The first-order chi connectivity index (χ1) is 7.29. The zero-order valence-electron chi connectivity index (χ0n) is 8.96. The van der Waals surface area contributed by atoms with Crippen molar-refractivity contribution in [2.75, 3.05) is 13.1 Å². The van der Waals surface area contributed by atoms with Crippen molar-refractivity contribution in [3.05, 3.63) is 12.7 Å². The molecule has 82 valence electrons. The molecule has 1 aromatic rings. The molecule has 1 atom stereocenters. The average Bonchev–Trinajstić information content (AvgIpc) is 2.82. The highest BCUT2D eigenvalue weighted by atomic mass is 16.2. The molecule has 0 saturated carbocycles. The number of amides is 1. The first kappa shape index (κ1) is 10.1. The molecule has 0 spiro atoms. The fraction of sp³-hybridized carbons (Fsp3) is 0.700. The van der Waals surface area contributed by atoms with Crippen molar-refractivity contribution < 1.29 is 4.79 Å². The van der Waals surface area contributed by atoms with E-state index in [9.17, 15) is 4.79 Å². The molecule has 0 bridgehead atoms. The Bertz CT molecular complexity index is 316. The van der Waals surface area contributed by atoms with Gasteiger partial charge in [-0.1, -0.05) is 0 Å². The van der Waals surface area contributed by atoms with Crippen LogP contribution in [-0.2, 0) is 4.79 Å². The molecule has 1 saturated heterocycles. The van der Waals surface area contributed by atoms with E-state index in [1.165, 1.54) is 12.7 Å². The Morgan fingerprint density at radius 3 is 2.67 bits per heavy atom. The highest BCUT2D eigenvalue weighted by Gasteiger charge is 2.23. The minimum Gasteiger partial charge on any atom is -0.341 e. The maximum atomic E-state index is 12.0. The molecule has 1 unspecified atom stereocenters. The maximum Gasteiger partial charge on any atom is 0.247 e. The molecule has 0 N–H and O–H groups in total. The summed E-state index contributed by atoms with van der Waals surface area (Å²) in [6, 6.07) is -0.231. The standard InChI is InChI=1S/C10H16N4O/c1-9(14-8-11-7-12-14)10(15)13-5-3-2-4-6-13/h7-9H,2-6H2,1H3. The van der Waals surface area contributed by atoms with E-state index in [0.717, 1.165) is 25.9 Å². The molecule has 1 amide bonds. The summed E-state index contributed by atoms with van der Waals surface area (Å²) in [5.41, 5.74) is 0. The number of rotatable bonds is 2. The van der Waals surface area contributed by atoms with Gasteiger partial charge in [-0.15, -0.1) is 0 Å². The Labute approximate surface area is 89.1 Å². The summed E-state index contributed by atoms with van der Waals surface area (Å²) in [6.07, 6.45) is 6.53. The zero-order chi connectivity index (χ0) is 10.7. The molecule has 2 rings (SSSR count). The normalized spacial score (nSPS) is 18.9. The fourth-order valence-electron chi connectivity index (χ4n) is 1.91. The summed E-state index contributed by atoms with van der Waals surface area (Å²) in [5, 5.41) is 3.99. The van der Waals surface area contributed by atoms with Gasteiger partial charge in [0.05, 0.1) is 0 Å². The number of hydrogen-bond acceptors (Lipinski definition) is 3. The van der Waals surface area contributed by atoms with Crippen molar-refractivity contribution in [1.29, 1.82) is 0 Å². The Hall–Kier alpha value is -1.39. The Kier molecular flexibility index (Phi) is 2.99. The molecule has 1 aliphatic rings. The molecule has 1 aromatic heterocycles. The first-order valence-corrected chi connectivity index (χ1v) is 5.42. The van der Waals surface area contributed by atoms with Crippen LogP contribution >= 0.6 is 0 Å². The average molecular weight is 208 g/mol. The van der Waals surface area contributed by atoms with Crippen molar-refractivity contribution in [2.45, 2.75) is 32.2 Å². The van der Waals surface area contributed by atoms with Crippen LogP contribution in [0, 0.1) is 0 Å². The largest absolute Gasteiger partial charge is 0.341 e. The maximum absolute atomic E-state index is 12.0. The van der Waals surface area contributed by atoms with E-state index in [1.807, 2.05) is 11.8 Å². The lowest BCUT2D eigenvalue weighted by atomic mass is 10.1. The van der Waals surface area contributed by atoms with Gasteiger partial charge in [-0.3, -0.25) is 4.79 Å². The van der Waals surface area contributed by atoms with Gasteiger partial charge in [0, 0.05) is 13.1 Å². The van der Waals surface area contributed by atoms with Gasteiger partial charge in [-0.05, 0) is 26.2 Å². The van der Waals surface area contributed by atoms with E-state index in [2.05, 4.69) is 10.1 Å². The molecular weight excluding hydrogens is 192 g/mol. The third-order valence-electron chi connectivity index (χ3n) is 2.86. The molecule has 2 heterocycles. The number of nitrogens with zero attached hydrogens (tertiary/aromatic N) is 4. The van der Waals surface area contributed by atoms with Crippen LogP contribution in [0.2, 0.25) is 0 Å². The third-order valence-corrected chi connectivity index (χ3v) is 2.86. The zero-order valence-corrected chi connectivity index (χ0v) is 8.96. The van der Waals surface area contributed by atoms with Crippen LogP contribution in [0.25, 0.3) is 0 Å². The smallest absolute Gasteiger partial charge is 0.247 e. The number of piperidine rings is 1. The minimum absolute atomic E-state index is 0.153. The second kappa shape index (κ2) is 4.42. The van der Waals surface area contributed by atoms with E-state index >= 15 is 0 Å². The summed E-state index contributed by atoms with van der Waals surface area (Å²) in [6.45, 7) is 3.64. The SMILES string of the molecule is CC(C(=O)N1CCCCC1)n1cncn1. The van der Waals surface area contributed by atoms with Crippen LogP contribution in [-0.4, -0.2) is 38.7 Å². The van der Waals surface area contributed by atoms with Crippen molar-refractivity contribution in [3.63, 3.8) is 0 Å². The number of carbonyl (C=O) groups excluding carboxylic acids is 1. The van der Waals surface area contributed by atoms with Gasteiger partial charge in [0.2, 0.25) is 5.91 Å². The Morgan fingerprint density at radius 1 is 1.33 bits per heavy atom. The number of likely N-dealkylation sites (tertiary alicyclic amines) is 1. The fourth-order valence-corrected chi connectivity index (χ4v) is 1.91. The van der Waals surface area contributed by atoms with Crippen LogP contribution < -0.4 is 0 Å². The van der Waals surface area contributed by atoms with E-state index in [1.54, 1.807) is 11.0 Å². The summed E-state index contributed by atoms with van der Waals surface area (Å²) in [5.74, 6) is 0.153. The van der Waals surface area contributed by atoms with E-state index in [4.69, 9.17) is 0 Å². The quantitative estimate of drug-likeness (QED) is 0.724. The van der Waals surface area contributed by atoms with Crippen LogP contribution in [0.15, 0.2) is 12.7 Å². The van der Waals surface area contributed by atoms with Gasteiger partial charge >= 0.3 is 0 Å². The van der Waals surface area contributed by atoms with E-state index < -0.39 is 0 Å². The molecule has 1 fully saturated rings. The predicted molar refractivity (Wildman–Crippen MR) is 55.2 cm³/mol. The number of hydrogen-bond donors (Lipinski definition) is 0. The van der Waals surface area contributed by atoms with Crippen molar-refractivity contribution in [1.82, 2.24) is 19.7 Å². The minimum atomic E-state index is -0.231. The van der Waals surface area contributed by atoms with Crippen LogP contribution in [0.1, 0.15) is 32.2 Å². The van der Waals surface area contributed by atoms with Gasteiger partial charge in [0.25, 0.3) is 0 Å². The summed E-state index contributed by atoms with van der Waals surface area (Å²) >= 11 is 0. The van der Waals surface area contributed by atoms with E-state index in [-0.39, 0.29) is 11.9 Å². The second-order valence-electron chi connectivity index (χ2n) is 3.94. The first-order valence-electron chi connectivity index (χ1n) is 5.42. The molecule has 15 heavy (non-hydrogen) atoms. The lowest BCUT2D eigenvalue weighted by Gasteiger charge is -2.29. The van der Waals surface area contributed by atoms with Gasteiger partial charge in [-0.2, -0.15) is 5.10 Å². The molecule has 1 aliphatic heterocycles. The van der Waals surface area contributed by atoms with Crippen LogP contribution in [0.3, 0.4) is 0 Å². The molecule has 5 nitrogen and oxygen atoms in total. The summed E-state index contributed by atoms with van der Waals surface area (Å²) in [4.78, 5) is 17.8. The molecular formula is C10H16N4O. The number of aromatic nitrogens is 3. The summed E-state index contributed by atoms with van der Waals surface area (Å²) < 4.78 is 1.61. The second-order valence-corrected chi connectivity index (χ2v) is 3.94.